The molecule has 0 radical (unpaired) electrons. The number of anilines is 1. The van der Waals surface area contributed by atoms with E-state index in [4.69, 9.17) is 0 Å². The van der Waals surface area contributed by atoms with Gasteiger partial charge >= 0.3 is 0 Å². The minimum atomic E-state index is -0.281. The van der Waals surface area contributed by atoms with Gasteiger partial charge < -0.3 is 10.6 Å². The fourth-order valence-corrected chi connectivity index (χ4v) is 1.58. The molecule has 1 unspecified atom stereocenters. The standard InChI is InChI=1S/C13H19FN2O/c1-3-4-10(2)16-13(17)9-15-12-7-5-11(14)6-8-12/h5-8,10,15H,3-4,9H2,1-2H3,(H,16,17). The van der Waals surface area contributed by atoms with Gasteiger partial charge in [-0.2, -0.15) is 0 Å². The van der Waals surface area contributed by atoms with Crippen LogP contribution in [0.15, 0.2) is 24.3 Å². The van der Waals surface area contributed by atoms with Gasteiger partial charge in [-0.1, -0.05) is 13.3 Å². The number of nitrogens with one attached hydrogen (secondary N) is 2. The lowest BCUT2D eigenvalue weighted by Crippen LogP contribution is -2.36. The molecule has 0 aliphatic carbocycles. The Hall–Kier alpha value is -1.58. The SMILES string of the molecule is CCCC(C)NC(=O)CNc1ccc(F)cc1. The van der Waals surface area contributed by atoms with E-state index >= 15 is 0 Å². The average molecular weight is 238 g/mol. The van der Waals surface area contributed by atoms with E-state index in [0.29, 0.717) is 0 Å². The summed E-state index contributed by atoms with van der Waals surface area (Å²) in [6, 6.07) is 6.14. The molecule has 0 bridgehead atoms. The number of carbonyl (C=O) groups excluding carboxylic acids is 1. The number of rotatable bonds is 6. The smallest absolute Gasteiger partial charge is 0.239 e. The van der Waals surface area contributed by atoms with Gasteiger partial charge in [0.1, 0.15) is 5.82 Å². The summed E-state index contributed by atoms with van der Waals surface area (Å²) in [6.45, 7) is 4.28. The van der Waals surface area contributed by atoms with Crippen LogP contribution < -0.4 is 10.6 Å². The number of halogens is 1. The molecule has 1 amide bonds. The van der Waals surface area contributed by atoms with E-state index in [2.05, 4.69) is 17.6 Å². The van der Waals surface area contributed by atoms with Gasteiger partial charge in [-0.3, -0.25) is 4.79 Å². The molecule has 0 saturated heterocycles. The molecule has 1 aromatic rings. The molecule has 0 spiro atoms. The van der Waals surface area contributed by atoms with Crippen LogP contribution >= 0.6 is 0 Å². The van der Waals surface area contributed by atoms with Crippen molar-refractivity contribution < 1.29 is 9.18 Å². The minimum absolute atomic E-state index is 0.0460. The minimum Gasteiger partial charge on any atom is -0.376 e. The largest absolute Gasteiger partial charge is 0.376 e. The summed E-state index contributed by atoms with van der Waals surface area (Å²) >= 11 is 0. The summed E-state index contributed by atoms with van der Waals surface area (Å²) in [7, 11) is 0. The van der Waals surface area contributed by atoms with Crippen molar-refractivity contribution >= 4 is 11.6 Å². The predicted octanol–water partition coefficient (Wildman–Crippen LogP) is 2.54. The van der Waals surface area contributed by atoms with E-state index in [9.17, 15) is 9.18 Å². The number of benzene rings is 1. The Morgan fingerprint density at radius 2 is 2.00 bits per heavy atom. The molecule has 0 heterocycles. The highest BCUT2D eigenvalue weighted by Gasteiger charge is 2.05. The van der Waals surface area contributed by atoms with Crippen LogP contribution in [0, 0.1) is 5.82 Å². The Morgan fingerprint density at radius 3 is 2.59 bits per heavy atom. The van der Waals surface area contributed by atoms with Crippen molar-refractivity contribution in [2.45, 2.75) is 32.7 Å². The summed E-state index contributed by atoms with van der Waals surface area (Å²) in [6.07, 6.45) is 2.02. The van der Waals surface area contributed by atoms with Crippen molar-refractivity contribution in [3.8, 4) is 0 Å². The highest BCUT2D eigenvalue weighted by atomic mass is 19.1. The zero-order chi connectivity index (χ0) is 12.7. The topological polar surface area (TPSA) is 41.1 Å². The Labute approximate surface area is 101 Å². The molecular weight excluding hydrogens is 219 g/mol. The first-order valence-electron chi connectivity index (χ1n) is 5.90. The van der Waals surface area contributed by atoms with Gasteiger partial charge in [0.05, 0.1) is 6.54 Å². The number of amides is 1. The maximum Gasteiger partial charge on any atom is 0.239 e. The average Bonchev–Trinajstić information content (AvgIpc) is 2.28. The molecule has 1 aromatic carbocycles. The first-order chi connectivity index (χ1) is 8.11. The molecule has 0 saturated carbocycles. The van der Waals surface area contributed by atoms with E-state index in [0.717, 1.165) is 18.5 Å². The molecule has 0 aliphatic rings. The second kappa shape index (κ2) is 6.89. The molecule has 0 aliphatic heterocycles. The van der Waals surface area contributed by atoms with E-state index in [1.54, 1.807) is 12.1 Å². The third kappa shape index (κ3) is 5.33. The van der Waals surface area contributed by atoms with Crippen LogP contribution in [0.2, 0.25) is 0 Å². The van der Waals surface area contributed by atoms with Gasteiger partial charge in [0.15, 0.2) is 0 Å². The molecule has 0 fully saturated rings. The van der Waals surface area contributed by atoms with Crippen molar-refractivity contribution in [2.75, 3.05) is 11.9 Å². The van der Waals surface area contributed by atoms with Crippen LogP contribution in [-0.2, 0) is 4.79 Å². The van der Waals surface area contributed by atoms with Crippen molar-refractivity contribution in [1.82, 2.24) is 5.32 Å². The summed E-state index contributed by atoms with van der Waals surface area (Å²) in [5.41, 5.74) is 0.740. The van der Waals surface area contributed by atoms with Crippen LogP contribution in [0.4, 0.5) is 10.1 Å². The summed E-state index contributed by atoms with van der Waals surface area (Å²) < 4.78 is 12.6. The maximum absolute atomic E-state index is 12.6. The van der Waals surface area contributed by atoms with Gasteiger partial charge in [-0.25, -0.2) is 4.39 Å². The van der Waals surface area contributed by atoms with Crippen LogP contribution in [0.3, 0.4) is 0 Å². The number of hydrogen-bond acceptors (Lipinski definition) is 2. The second-order valence-corrected chi connectivity index (χ2v) is 4.12. The van der Waals surface area contributed by atoms with Gasteiger partial charge in [0, 0.05) is 11.7 Å². The number of carbonyl (C=O) groups is 1. The van der Waals surface area contributed by atoms with Crippen LogP contribution in [0.25, 0.3) is 0 Å². The third-order valence-corrected chi connectivity index (χ3v) is 2.43. The zero-order valence-electron chi connectivity index (χ0n) is 10.3. The van der Waals surface area contributed by atoms with Crippen molar-refractivity contribution in [1.29, 1.82) is 0 Å². The molecule has 1 atom stereocenters. The first-order valence-corrected chi connectivity index (χ1v) is 5.90. The lowest BCUT2D eigenvalue weighted by Gasteiger charge is -2.13. The Balaban J connectivity index is 2.30. The molecule has 0 aromatic heterocycles. The fourth-order valence-electron chi connectivity index (χ4n) is 1.58. The predicted molar refractivity (Wildman–Crippen MR) is 67.4 cm³/mol. The van der Waals surface area contributed by atoms with Gasteiger partial charge in [0.2, 0.25) is 5.91 Å². The van der Waals surface area contributed by atoms with Crippen molar-refractivity contribution in [3.63, 3.8) is 0 Å². The highest BCUT2D eigenvalue weighted by molar-refractivity contribution is 5.80. The summed E-state index contributed by atoms with van der Waals surface area (Å²) in [5, 5.41) is 5.83. The van der Waals surface area contributed by atoms with E-state index in [1.807, 2.05) is 6.92 Å². The van der Waals surface area contributed by atoms with Crippen LogP contribution in [-0.4, -0.2) is 18.5 Å². The molecule has 17 heavy (non-hydrogen) atoms. The molecule has 4 heteroatoms. The number of hydrogen-bond donors (Lipinski definition) is 2. The lowest BCUT2D eigenvalue weighted by atomic mass is 10.2. The zero-order valence-corrected chi connectivity index (χ0v) is 10.3. The van der Waals surface area contributed by atoms with E-state index in [-0.39, 0.29) is 24.3 Å². The Morgan fingerprint density at radius 1 is 1.35 bits per heavy atom. The Bertz CT molecular complexity index is 351. The summed E-state index contributed by atoms with van der Waals surface area (Å²) in [5.74, 6) is -0.327. The van der Waals surface area contributed by atoms with Crippen molar-refractivity contribution in [3.05, 3.63) is 30.1 Å². The van der Waals surface area contributed by atoms with Gasteiger partial charge in [-0.05, 0) is 37.6 Å². The lowest BCUT2D eigenvalue weighted by molar-refractivity contribution is -0.120. The monoisotopic (exact) mass is 238 g/mol. The second-order valence-electron chi connectivity index (χ2n) is 4.12. The van der Waals surface area contributed by atoms with E-state index in [1.165, 1.54) is 12.1 Å². The molecule has 94 valence electrons. The van der Waals surface area contributed by atoms with Crippen LogP contribution in [0.5, 0.6) is 0 Å². The molecular formula is C13H19FN2O. The van der Waals surface area contributed by atoms with Crippen molar-refractivity contribution in [2.24, 2.45) is 0 Å². The summed E-state index contributed by atoms with van der Waals surface area (Å²) in [4.78, 5) is 11.5. The first kappa shape index (κ1) is 13.5. The Kier molecular flexibility index (Phi) is 5.46. The third-order valence-electron chi connectivity index (χ3n) is 2.43. The quantitative estimate of drug-likeness (QED) is 0.799. The fraction of sp³-hybridized carbons (Fsp3) is 0.462. The van der Waals surface area contributed by atoms with Crippen LogP contribution in [0.1, 0.15) is 26.7 Å². The molecule has 1 rings (SSSR count). The van der Waals surface area contributed by atoms with Gasteiger partial charge in [-0.15, -0.1) is 0 Å². The molecule has 3 nitrogen and oxygen atoms in total. The normalized spacial score (nSPS) is 11.9. The maximum atomic E-state index is 12.6. The van der Waals surface area contributed by atoms with Gasteiger partial charge in [0.25, 0.3) is 0 Å². The molecule has 2 N–H and O–H groups in total. The highest BCUT2D eigenvalue weighted by Crippen LogP contribution is 2.07. The van der Waals surface area contributed by atoms with E-state index < -0.39 is 0 Å².